The fourth-order valence-electron chi connectivity index (χ4n) is 7.06. The summed E-state index contributed by atoms with van der Waals surface area (Å²) in [5.41, 5.74) is 3.24. The lowest BCUT2D eigenvalue weighted by molar-refractivity contribution is -0.181. The van der Waals surface area contributed by atoms with Crippen LogP contribution in [0.2, 0.25) is 0 Å². The van der Waals surface area contributed by atoms with Crippen LogP contribution < -0.4 is 10.6 Å². The molecule has 222 valence electrons. The summed E-state index contributed by atoms with van der Waals surface area (Å²) >= 11 is 0. The first kappa shape index (κ1) is 30.3. The number of phenolic OH excluding ortho intramolecular Hbond substituents is 1. The summed E-state index contributed by atoms with van der Waals surface area (Å²) in [6.45, 7) is 4.52. The predicted molar refractivity (Wildman–Crippen MR) is 148 cm³/mol. The van der Waals surface area contributed by atoms with Crippen LogP contribution in [0.25, 0.3) is 0 Å². The Hall–Kier alpha value is -3.64. The van der Waals surface area contributed by atoms with Crippen LogP contribution in [0.15, 0.2) is 6.07 Å². The summed E-state index contributed by atoms with van der Waals surface area (Å²) < 4.78 is 0. The number of phenols is 1. The Morgan fingerprint density at radius 2 is 1.71 bits per heavy atom. The van der Waals surface area contributed by atoms with Crippen molar-refractivity contribution in [3.63, 3.8) is 0 Å². The van der Waals surface area contributed by atoms with Gasteiger partial charge in [0.25, 0.3) is 5.91 Å². The highest BCUT2D eigenvalue weighted by atomic mass is 16.3. The zero-order valence-corrected chi connectivity index (χ0v) is 24.3. The van der Waals surface area contributed by atoms with Crippen LogP contribution in [0.3, 0.4) is 0 Å². The highest BCUT2D eigenvalue weighted by Gasteiger charge is 2.69. The summed E-state index contributed by atoms with van der Waals surface area (Å²) in [6, 6.07) is 0.369. The van der Waals surface area contributed by atoms with E-state index >= 15 is 0 Å². The van der Waals surface area contributed by atoms with Gasteiger partial charge in [-0.05, 0) is 57.8 Å². The minimum absolute atomic E-state index is 0.0433. The number of fused-ring (bicyclic) bond motifs is 3. The van der Waals surface area contributed by atoms with Gasteiger partial charge in [-0.15, -0.1) is 0 Å². The molecule has 0 aromatic heterocycles. The SMILES string of the molecule is CCCN(CC)C(=O)c1cc(N(C)C)c2c(c1O)C(=O)C1C(=O)[C@]3(O)C(=O)C(C(N)=O)C(=O)[C@@H](N(C)C)[C@@H]3C[C@@H]1C2. The molecule has 0 spiro atoms. The quantitative estimate of drug-likeness (QED) is 0.372. The van der Waals surface area contributed by atoms with Gasteiger partial charge in [-0.25, -0.2) is 0 Å². The van der Waals surface area contributed by atoms with Crippen LogP contribution >= 0.6 is 0 Å². The smallest absolute Gasteiger partial charge is 0.257 e. The van der Waals surface area contributed by atoms with E-state index in [4.69, 9.17) is 5.73 Å². The molecule has 4 rings (SSSR count). The molecule has 2 amide bonds. The molecule has 4 N–H and O–H groups in total. The van der Waals surface area contributed by atoms with Crippen LogP contribution in [0, 0.1) is 23.7 Å². The minimum atomic E-state index is -2.80. The zero-order valence-electron chi connectivity index (χ0n) is 24.3. The van der Waals surface area contributed by atoms with Gasteiger partial charge in [-0.3, -0.25) is 33.7 Å². The highest BCUT2D eigenvalue weighted by molar-refractivity contribution is 6.32. The number of nitrogens with zero attached hydrogens (tertiary/aromatic N) is 3. The van der Waals surface area contributed by atoms with Crippen LogP contribution in [0.4, 0.5) is 5.69 Å². The van der Waals surface area contributed by atoms with Gasteiger partial charge >= 0.3 is 0 Å². The molecule has 41 heavy (non-hydrogen) atoms. The van der Waals surface area contributed by atoms with Crippen LogP contribution in [-0.4, -0.2) is 108 Å². The van der Waals surface area contributed by atoms with Crippen molar-refractivity contribution in [1.29, 1.82) is 0 Å². The maximum atomic E-state index is 14.1. The number of primary amides is 1. The average molecular weight is 571 g/mol. The van der Waals surface area contributed by atoms with Crippen LogP contribution in [0.1, 0.15) is 53.0 Å². The van der Waals surface area contributed by atoms with Crippen molar-refractivity contribution in [3.8, 4) is 5.75 Å². The number of aromatic hydroxyl groups is 1. The number of Topliss-reactive ketones (excluding diaryl/α,β-unsaturated/α-hetero) is 4. The van der Waals surface area contributed by atoms with E-state index in [1.165, 1.54) is 25.1 Å². The van der Waals surface area contributed by atoms with Gasteiger partial charge in [0.15, 0.2) is 34.7 Å². The Labute approximate surface area is 238 Å². The van der Waals surface area contributed by atoms with Crippen LogP contribution in [-0.2, 0) is 25.6 Å². The summed E-state index contributed by atoms with van der Waals surface area (Å²) in [5, 5.41) is 23.1. The fraction of sp³-hybridized carbons (Fsp3) is 0.586. The third kappa shape index (κ3) is 4.35. The molecule has 3 aliphatic carbocycles. The first-order chi connectivity index (χ1) is 19.1. The number of rotatable bonds is 7. The highest BCUT2D eigenvalue weighted by Crippen LogP contribution is 2.52. The number of benzene rings is 1. The largest absolute Gasteiger partial charge is 0.506 e. The minimum Gasteiger partial charge on any atom is -0.506 e. The number of anilines is 1. The molecular formula is C29H38N4O8. The Bertz CT molecular complexity index is 1350. The maximum Gasteiger partial charge on any atom is 0.257 e. The Morgan fingerprint density at radius 1 is 1.07 bits per heavy atom. The molecule has 1 aromatic carbocycles. The number of hydrogen-bond donors (Lipinski definition) is 3. The molecular weight excluding hydrogens is 532 g/mol. The molecule has 0 aliphatic heterocycles. The van der Waals surface area contributed by atoms with E-state index in [1.807, 2.05) is 6.92 Å². The number of nitrogens with two attached hydrogens (primary N) is 1. The van der Waals surface area contributed by atoms with Crippen molar-refractivity contribution in [2.24, 2.45) is 29.4 Å². The zero-order chi connectivity index (χ0) is 30.7. The van der Waals surface area contributed by atoms with Gasteiger partial charge < -0.3 is 25.7 Å². The van der Waals surface area contributed by atoms with Crippen molar-refractivity contribution in [2.45, 2.75) is 44.8 Å². The normalized spacial score (nSPS) is 29.1. The Balaban J connectivity index is 1.90. The number of ketones is 4. The van der Waals surface area contributed by atoms with Crippen molar-refractivity contribution >= 4 is 40.6 Å². The molecule has 2 saturated carbocycles. The lowest BCUT2D eigenvalue weighted by Crippen LogP contribution is -2.74. The van der Waals surface area contributed by atoms with Crippen molar-refractivity contribution in [1.82, 2.24) is 9.80 Å². The number of aliphatic hydroxyl groups is 1. The number of amides is 2. The molecule has 2 unspecified atom stereocenters. The lowest BCUT2D eigenvalue weighted by Gasteiger charge is -2.52. The maximum absolute atomic E-state index is 14.1. The second kappa shape index (κ2) is 10.6. The predicted octanol–water partition coefficient (Wildman–Crippen LogP) is -0.195. The third-order valence-corrected chi connectivity index (χ3v) is 8.91. The summed E-state index contributed by atoms with van der Waals surface area (Å²) in [6.07, 6.45) is 0.756. The lowest BCUT2D eigenvalue weighted by atomic mass is 9.52. The molecule has 0 radical (unpaired) electrons. The third-order valence-electron chi connectivity index (χ3n) is 8.91. The van der Waals surface area contributed by atoms with Crippen molar-refractivity contribution in [2.75, 3.05) is 46.2 Å². The summed E-state index contributed by atoms with van der Waals surface area (Å²) in [5.74, 6) is -11.8. The fourth-order valence-corrected chi connectivity index (χ4v) is 7.06. The van der Waals surface area contributed by atoms with E-state index in [0.29, 0.717) is 30.8 Å². The van der Waals surface area contributed by atoms with Gasteiger partial charge in [-0.1, -0.05) is 6.92 Å². The first-order valence-corrected chi connectivity index (χ1v) is 13.8. The standard InChI is InChI=1S/C29H38N4O8/c1-7-9-33(8-2)28(40)15-12-17(31(3)4)14-10-13-11-16-21(32(5)6)24(36)20(27(30)39)26(38)29(16,41)25(37)18(13)23(35)19(14)22(15)34/h12-13,16,18,20-21,34,41H,7-11H2,1-6H3,(H2,30,39)/t13-,16-,18?,20?,21-,29-/m0/s1. The van der Waals surface area contributed by atoms with E-state index < -0.39 is 76.0 Å². The molecule has 1 aromatic rings. The number of hydrogen-bond acceptors (Lipinski definition) is 10. The monoisotopic (exact) mass is 570 g/mol. The molecule has 2 fully saturated rings. The van der Waals surface area contributed by atoms with E-state index in [0.717, 1.165) is 0 Å². The second-order valence-electron chi connectivity index (χ2n) is 11.7. The van der Waals surface area contributed by atoms with Gasteiger partial charge in [0.1, 0.15) is 5.75 Å². The second-order valence-corrected chi connectivity index (χ2v) is 11.7. The molecule has 0 bridgehead atoms. The number of carbonyl (C=O) groups excluding carboxylic acids is 6. The van der Waals surface area contributed by atoms with Gasteiger partial charge in [0.05, 0.1) is 23.1 Å². The molecule has 12 heteroatoms. The van der Waals surface area contributed by atoms with Crippen molar-refractivity contribution in [3.05, 3.63) is 22.8 Å². The molecule has 0 saturated heterocycles. The van der Waals surface area contributed by atoms with Gasteiger partial charge in [-0.2, -0.15) is 0 Å². The van der Waals surface area contributed by atoms with Gasteiger partial charge in [0.2, 0.25) is 5.91 Å². The van der Waals surface area contributed by atoms with E-state index in [2.05, 4.69) is 0 Å². The molecule has 6 atom stereocenters. The molecule has 12 nitrogen and oxygen atoms in total. The topological polar surface area (TPSA) is 179 Å². The van der Waals surface area contributed by atoms with Crippen LogP contribution in [0.5, 0.6) is 5.75 Å². The van der Waals surface area contributed by atoms with E-state index in [-0.39, 0.29) is 24.0 Å². The van der Waals surface area contributed by atoms with Gasteiger partial charge in [0, 0.05) is 38.8 Å². The van der Waals surface area contributed by atoms with Crippen molar-refractivity contribution < 1.29 is 39.0 Å². The Kier molecular flexibility index (Phi) is 7.87. The first-order valence-electron chi connectivity index (χ1n) is 13.8. The number of likely N-dealkylation sites (N-methyl/N-ethyl adjacent to an activating group) is 1. The summed E-state index contributed by atoms with van der Waals surface area (Å²) in [7, 11) is 6.54. The molecule has 3 aliphatic rings. The van der Waals surface area contributed by atoms with E-state index in [9.17, 15) is 39.0 Å². The molecule has 0 heterocycles. The number of carbonyl (C=O) groups is 6. The summed E-state index contributed by atoms with van der Waals surface area (Å²) in [4.78, 5) is 85.1. The van der Waals surface area contributed by atoms with E-state index in [1.54, 1.807) is 30.8 Å². The average Bonchev–Trinajstić information content (AvgIpc) is 2.88. The Morgan fingerprint density at radius 3 is 2.22 bits per heavy atom.